The Kier molecular flexibility index (Phi) is 2.88. The molecule has 1 aromatic heterocycles. The molecule has 2 aliphatic rings. The molecule has 2 aliphatic heterocycles. The monoisotopic (exact) mass is 236 g/mol. The third-order valence-electron chi connectivity index (χ3n) is 3.95. The van der Waals surface area contributed by atoms with Gasteiger partial charge >= 0.3 is 0 Å². The summed E-state index contributed by atoms with van der Waals surface area (Å²) in [4.78, 5) is 6.99. The fourth-order valence-electron chi connectivity index (χ4n) is 2.85. The molecule has 2 unspecified atom stereocenters. The highest BCUT2D eigenvalue weighted by Gasteiger charge is 2.29. The number of likely N-dealkylation sites (tertiary alicyclic amines) is 1. The molecule has 2 atom stereocenters. The molecule has 0 aliphatic carbocycles. The van der Waals surface area contributed by atoms with Gasteiger partial charge in [0, 0.05) is 19.0 Å². The summed E-state index contributed by atoms with van der Waals surface area (Å²) in [6.07, 6.45) is 2.56. The summed E-state index contributed by atoms with van der Waals surface area (Å²) in [5, 5.41) is 14.5. The van der Waals surface area contributed by atoms with E-state index in [4.69, 9.17) is 0 Å². The average molecular weight is 236 g/mol. The first-order valence-electron chi connectivity index (χ1n) is 6.63. The van der Waals surface area contributed by atoms with Crippen LogP contribution in [0.2, 0.25) is 0 Å². The maximum atomic E-state index is 9.88. The molecule has 17 heavy (non-hydrogen) atoms. The van der Waals surface area contributed by atoms with E-state index in [-0.39, 0.29) is 0 Å². The lowest BCUT2D eigenvalue weighted by Gasteiger charge is -2.16. The smallest absolute Gasteiger partial charge is 0.156 e. The molecule has 0 amide bonds. The van der Waals surface area contributed by atoms with Crippen LogP contribution in [0.1, 0.15) is 49.9 Å². The van der Waals surface area contributed by atoms with Crippen LogP contribution in [0.4, 0.5) is 0 Å². The maximum absolute atomic E-state index is 9.88. The molecule has 0 saturated carbocycles. The van der Waals surface area contributed by atoms with Crippen molar-refractivity contribution >= 4 is 0 Å². The minimum atomic E-state index is -0.409. The highest BCUT2D eigenvalue weighted by Crippen LogP contribution is 2.28. The number of aromatic nitrogens is 3. The molecule has 1 N–H and O–H groups in total. The van der Waals surface area contributed by atoms with Crippen molar-refractivity contribution in [2.24, 2.45) is 0 Å². The minimum Gasteiger partial charge on any atom is -0.385 e. The number of aliphatic hydroxyl groups is 1. The van der Waals surface area contributed by atoms with Gasteiger partial charge in [0.25, 0.3) is 0 Å². The van der Waals surface area contributed by atoms with Gasteiger partial charge < -0.3 is 10.0 Å². The van der Waals surface area contributed by atoms with Crippen LogP contribution in [0.3, 0.4) is 0 Å². The van der Waals surface area contributed by atoms with Crippen LogP contribution < -0.4 is 0 Å². The van der Waals surface area contributed by atoms with Crippen molar-refractivity contribution in [1.29, 1.82) is 0 Å². The third kappa shape index (κ3) is 1.98. The Labute approximate surface area is 101 Å². The minimum absolute atomic E-state index is 0.409. The molecule has 1 aromatic rings. The molecule has 5 heteroatoms. The Bertz CT molecular complexity index is 403. The van der Waals surface area contributed by atoms with E-state index in [1.54, 1.807) is 0 Å². The predicted molar refractivity (Wildman–Crippen MR) is 63.7 cm³/mol. The lowest BCUT2D eigenvalue weighted by Crippen LogP contribution is -2.19. The van der Waals surface area contributed by atoms with E-state index in [1.165, 1.54) is 0 Å². The van der Waals surface area contributed by atoms with E-state index in [0.29, 0.717) is 5.92 Å². The summed E-state index contributed by atoms with van der Waals surface area (Å²) in [6, 6.07) is 0. The Hall–Kier alpha value is -0.940. The highest BCUT2D eigenvalue weighted by atomic mass is 16.3. The lowest BCUT2D eigenvalue weighted by atomic mass is 10.1. The van der Waals surface area contributed by atoms with Crippen LogP contribution >= 0.6 is 0 Å². The number of aryl methyl sites for hydroxylation is 1. The Morgan fingerprint density at radius 1 is 1.35 bits per heavy atom. The number of hydrogen-bond donors (Lipinski definition) is 1. The predicted octanol–water partition coefficient (Wildman–Crippen LogP) is 0.914. The van der Waals surface area contributed by atoms with Crippen LogP contribution in [-0.4, -0.2) is 44.4 Å². The highest BCUT2D eigenvalue weighted by molar-refractivity contribution is 5.06. The van der Waals surface area contributed by atoms with Gasteiger partial charge in [0.05, 0.1) is 0 Å². The number of fused-ring (bicyclic) bond motifs is 1. The first-order valence-corrected chi connectivity index (χ1v) is 6.63. The topological polar surface area (TPSA) is 54.2 Å². The second-order valence-corrected chi connectivity index (χ2v) is 5.09. The molecule has 0 radical (unpaired) electrons. The van der Waals surface area contributed by atoms with Crippen LogP contribution in [-0.2, 0) is 6.54 Å². The summed E-state index contributed by atoms with van der Waals surface area (Å²) in [7, 11) is 0. The van der Waals surface area contributed by atoms with Gasteiger partial charge in [0.1, 0.15) is 6.10 Å². The second-order valence-electron chi connectivity index (χ2n) is 5.09. The largest absolute Gasteiger partial charge is 0.385 e. The molecular weight excluding hydrogens is 216 g/mol. The van der Waals surface area contributed by atoms with Crippen LogP contribution in [0.5, 0.6) is 0 Å². The van der Waals surface area contributed by atoms with Gasteiger partial charge in [-0.15, -0.1) is 0 Å². The lowest BCUT2D eigenvalue weighted by molar-refractivity contribution is 0.130. The quantitative estimate of drug-likeness (QED) is 0.829. The molecule has 0 aromatic carbocycles. The van der Waals surface area contributed by atoms with Crippen molar-refractivity contribution in [3.8, 4) is 0 Å². The third-order valence-corrected chi connectivity index (χ3v) is 3.95. The van der Waals surface area contributed by atoms with Gasteiger partial charge in [0.15, 0.2) is 11.6 Å². The summed E-state index contributed by atoms with van der Waals surface area (Å²) in [5.74, 6) is 2.18. The van der Waals surface area contributed by atoms with Gasteiger partial charge in [-0.25, -0.2) is 9.67 Å². The number of aliphatic hydroxyl groups excluding tert-OH is 1. The van der Waals surface area contributed by atoms with Gasteiger partial charge in [-0.05, 0) is 32.4 Å². The fourth-order valence-corrected chi connectivity index (χ4v) is 2.85. The van der Waals surface area contributed by atoms with Crippen LogP contribution in [0.25, 0.3) is 0 Å². The maximum Gasteiger partial charge on any atom is 0.156 e. The SMILES string of the molecule is CCN1CCC(c2nc3n(n2)CCCC3O)C1. The summed E-state index contributed by atoms with van der Waals surface area (Å²) in [6.45, 7) is 6.41. The van der Waals surface area contributed by atoms with E-state index in [2.05, 4.69) is 21.9 Å². The number of nitrogens with zero attached hydrogens (tertiary/aromatic N) is 4. The summed E-state index contributed by atoms with van der Waals surface area (Å²) >= 11 is 0. The molecule has 0 bridgehead atoms. The molecule has 94 valence electrons. The summed E-state index contributed by atoms with van der Waals surface area (Å²) < 4.78 is 1.90. The van der Waals surface area contributed by atoms with Gasteiger partial charge in [0.2, 0.25) is 0 Å². The first-order chi connectivity index (χ1) is 8.28. The first kappa shape index (κ1) is 11.2. The van der Waals surface area contributed by atoms with E-state index in [1.807, 2.05) is 4.68 Å². The molecule has 5 nitrogen and oxygen atoms in total. The van der Waals surface area contributed by atoms with Crippen molar-refractivity contribution in [2.75, 3.05) is 19.6 Å². The van der Waals surface area contributed by atoms with E-state index in [0.717, 1.165) is 57.1 Å². The van der Waals surface area contributed by atoms with Crippen molar-refractivity contribution in [2.45, 2.75) is 44.8 Å². The van der Waals surface area contributed by atoms with E-state index >= 15 is 0 Å². The van der Waals surface area contributed by atoms with Gasteiger partial charge in [-0.2, -0.15) is 5.10 Å². The molecule has 0 spiro atoms. The van der Waals surface area contributed by atoms with E-state index < -0.39 is 6.10 Å². The van der Waals surface area contributed by atoms with Crippen molar-refractivity contribution in [1.82, 2.24) is 19.7 Å². The Morgan fingerprint density at radius 2 is 2.24 bits per heavy atom. The second kappa shape index (κ2) is 4.38. The van der Waals surface area contributed by atoms with E-state index in [9.17, 15) is 5.11 Å². The van der Waals surface area contributed by atoms with Gasteiger partial charge in [-0.1, -0.05) is 6.92 Å². The number of hydrogen-bond acceptors (Lipinski definition) is 4. The Balaban J connectivity index is 1.80. The summed E-state index contributed by atoms with van der Waals surface area (Å²) in [5.41, 5.74) is 0. The molecule has 1 fully saturated rings. The standard InChI is InChI=1S/C12H20N4O/c1-2-15-7-5-9(8-15)11-13-12-10(17)4-3-6-16(12)14-11/h9-10,17H,2-8H2,1H3. The van der Waals surface area contributed by atoms with Crippen LogP contribution in [0, 0.1) is 0 Å². The van der Waals surface area contributed by atoms with Crippen molar-refractivity contribution < 1.29 is 5.11 Å². The fraction of sp³-hybridized carbons (Fsp3) is 0.833. The van der Waals surface area contributed by atoms with Crippen molar-refractivity contribution in [3.05, 3.63) is 11.6 Å². The zero-order chi connectivity index (χ0) is 11.8. The number of rotatable bonds is 2. The molecule has 1 saturated heterocycles. The zero-order valence-corrected chi connectivity index (χ0v) is 10.3. The average Bonchev–Trinajstić information content (AvgIpc) is 2.95. The molecular formula is C12H20N4O. The number of likely N-dealkylation sites (N-methyl/N-ethyl adjacent to an activating group) is 1. The Morgan fingerprint density at radius 3 is 2.94 bits per heavy atom. The molecule has 3 heterocycles. The normalized spacial score (nSPS) is 29.5. The molecule has 3 rings (SSSR count). The zero-order valence-electron chi connectivity index (χ0n) is 10.3. The van der Waals surface area contributed by atoms with Gasteiger partial charge in [-0.3, -0.25) is 0 Å². The van der Waals surface area contributed by atoms with Crippen molar-refractivity contribution in [3.63, 3.8) is 0 Å². The van der Waals surface area contributed by atoms with Crippen LogP contribution in [0.15, 0.2) is 0 Å².